The van der Waals surface area contributed by atoms with Gasteiger partial charge in [0.05, 0.1) is 0 Å². The summed E-state index contributed by atoms with van der Waals surface area (Å²) in [6, 6.07) is 21.6. The number of hydrogen-bond acceptors (Lipinski definition) is 2. The molecule has 3 rings (SSSR count). The van der Waals surface area contributed by atoms with Gasteiger partial charge in [0.15, 0.2) is 0 Å². The molecule has 2 aromatic rings. The first-order chi connectivity index (χ1) is 13.4. The van der Waals surface area contributed by atoms with Crippen LogP contribution in [0.2, 0.25) is 5.04 Å². The monoisotopic (exact) mass is 395 g/mol. The molecule has 1 aliphatic rings. The molecule has 1 amide bonds. The average Bonchev–Trinajstić information content (AvgIpc) is 3.10. The third-order valence-electron chi connectivity index (χ3n) is 5.80. The summed E-state index contributed by atoms with van der Waals surface area (Å²) in [6.45, 7) is 8.55. The smallest absolute Gasteiger partial charge is 0.261 e. The number of nitrogens with one attached hydrogen (secondary N) is 1. The molecule has 1 saturated heterocycles. The molecule has 0 saturated carbocycles. The first-order valence-corrected chi connectivity index (χ1v) is 12.4. The van der Waals surface area contributed by atoms with Gasteiger partial charge < -0.3 is 9.74 Å². The molecule has 1 aliphatic heterocycles. The summed E-state index contributed by atoms with van der Waals surface area (Å²) >= 11 is 0. The van der Waals surface area contributed by atoms with E-state index in [4.69, 9.17) is 4.43 Å². The first-order valence-electron chi connectivity index (χ1n) is 10.5. The summed E-state index contributed by atoms with van der Waals surface area (Å²) in [5.74, 6) is 0.703. The average molecular weight is 396 g/mol. The predicted octanol–water partition coefficient (Wildman–Crippen LogP) is 3.87. The second kappa shape index (κ2) is 9.06. The molecule has 0 aliphatic carbocycles. The van der Waals surface area contributed by atoms with Gasteiger partial charge in [-0.25, -0.2) is 0 Å². The Kier molecular flexibility index (Phi) is 6.73. The van der Waals surface area contributed by atoms with Crippen LogP contribution >= 0.6 is 0 Å². The molecule has 150 valence electrons. The molecule has 28 heavy (non-hydrogen) atoms. The quantitative estimate of drug-likeness (QED) is 0.544. The van der Waals surface area contributed by atoms with Crippen LogP contribution in [-0.4, -0.2) is 27.4 Å². The van der Waals surface area contributed by atoms with Crippen LogP contribution in [0.3, 0.4) is 0 Å². The zero-order chi connectivity index (χ0) is 20.0. The molecule has 1 N–H and O–H groups in total. The Bertz CT molecular complexity index is 716. The van der Waals surface area contributed by atoms with E-state index in [1.165, 1.54) is 10.4 Å². The Balaban J connectivity index is 1.76. The highest BCUT2D eigenvalue weighted by Crippen LogP contribution is 2.36. The van der Waals surface area contributed by atoms with Gasteiger partial charge in [0.1, 0.15) is 0 Å². The summed E-state index contributed by atoms with van der Waals surface area (Å²) in [4.78, 5) is 11.4. The Morgan fingerprint density at radius 2 is 1.54 bits per heavy atom. The van der Waals surface area contributed by atoms with E-state index in [0.29, 0.717) is 12.3 Å². The number of carbonyl (C=O) groups is 1. The summed E-state index contributed by atoms with van der Waals surface area (Å²) < 4.78 is 6.91. The topological polar surface area (TPSA) is 38.3 Å². The molecule has 2 aromatic carbocycles. The fourth-order valence-corrected chi connectivity index (χ4v) is 9.00. The van der Waals surface area contributed by atoms with Crippen molar-refractivity contribution >= 4 is 24.6 Å². The molecule has 0 bridgehead atoms. The van der Waals surface area contributed by atoms with E-state index in [1.54, 1.807) is 0 Å². The Labute approximate surface area is 170 Å². The fourth-order valence-electron chi connectivity index (χ4n) is 4.39. The summed E-state index contributed by atoms with van der Waals surface area (Å²) in [7, 11) is -2.41. The molecule has 3 nitrogen and oxygen atoms in total. The Hall–Kier alpha value is -1.91. The van der Waals surface area contributed by atoms with Gasteiger partial charge in [-0.2, -0.15) is 0 Å². The SMILES string of the molecule is CC(C)(C)[Si](OCCCCC1CNC(=O)C1)(c1ccccc1)c1ccccc1. The van der Waals surface area contributed by atoms with E-state index in [1.807, 2.05) is 0 Å². The van der Waals surface area contributed by atoms with Crippen LogP contribution in [0, 0.1) is 5.92 Å². The minimum Gasteiger partial charge on any atom is -0.407 e. The van der Waals surface area contributed by atoms with Gasteiger partial charge in [-0.15, -0.1) is 0 Å². The highest BCUT2D eigenvalue weighted by Gasteiger charge is 2.49. The lowest BCUT2D eigenvalue weighted by molar-refractivity contribution is -0.119. The second-order valence-electron chi connectivity index (χ2n) is 8.88. The zero-order valence-corrected chi connectivity index (χ0v) is 18.4. The van der Waals surface area contributed by atoms with Crippen molar-refractivity contribution in [2.75, 3.05) is 13.2 Å². The lowest BCUT2D eigenvalue weighted by Gasteiger charge is -2.43. The van der Waals surface area contributed by atoms with Gasteiger partial charge >= 0.3 is 0 Å². The van der Waals surface area contributed by atoms with Crippen molar-refractivity contribution in [3.05, 3.63) is 60.7 Å². The summed E-state index contributed by atoms with van der Waals surface area (Å²) in [5.41, 5.74) is 0. The van der Waals surface area contributed by atoms with Crippen molar-refractivity contribution in [2.45, 2.75) is 51.5 Å². The van der Waals surface area contributed by atoms with Crippen LogP contribution in [0.1, 0.15) is 46.5 Å². The third-order valence-corrected chi connectivity index (χ3v) is 10.8. The van der Waals surface area contributed by atoms with Gasteiger partial charge in [-0.3, -0.25) is 4.79 Å². The van der Waals surface area contributed by atoms with E-state index in [9.17, 15) is 4.79 Å². The van der Waals surface area contributed by atoms with Gasteiger partial charge in [0.2, 0.25) is 5.91 Å². The molecule has 0 aromatic heterocycles. The number of carbonyl (C=O) groups excluding carboxylic acids is 1. The molecule has 1 atom stereocenters. The van der Waals surface area contributed by atoms with Gasteiger partial charge in [-0.05, 0) is 34.2 Å². The fraction of sp³-hybridized carbons (Fsp3) is 0.458. The number of hydrogen-bond donors (Lipinski definition) is 1. The van der Waals surface area contributed by atoms with Crippen LogP contribution in [0.4, 0.5) is 0 Å². The van der Waals surface area contributed by atoms with Crippen molar-refractivity contribution in [1.82, 2.24) is 5.32 Å². The number of benzene rings is 2. The first kappa shape index (κ1) is 20.8. The lowest BCUT2D eigenvalue weighted by atomic mass is 10.0. The van der Waals surface area contributed by atoms with Crippen molar-refractivity contribution in [1.29, 1.82) is 0 Å². The van der Waals surface area contributed by atoms with E-state index in [0.717, 1.165) is 32.4 Å². The molecule has 1 fully saturated rings. The number of rotatable bonds is 8. The van der Waals surface area contributed by atoms with Crippen LogP contribution in [-0.2, 0) is 9.22 Å². The van der Waals surface area contributed by atoms with Crippen molar-refractivity contribution < 1.29 is 9.22 Å². The van der Waals surface area contributed by atoms with E-state index in [-0.39, 0.29) is 10.9 Å². The minimum absolute atomic E-state index is 0.0253. The number of unbranched alkanes of at least 4 members (excludes halogenated alkanes) is 1. The standard InChI is InChI=1S/C24H33NO2Si/c1-24(2,3)28(21-13-6-4-7-14-21,22-15-8-5-9-16-22)27-17-11-10-12-20-18-23(26)25-19-20/h4-9,13-16,20H,10-12,17-19H2,1-3H3,(H,25,26). The summed E-state index contributed by atoms with van der Waals surface area (Å²) in [6.07, 6.45) is 3.94. The maximum Gasteiger partial charge on any atom is 0.261 e. The van der Waals surface area contributed by atoms with E-state index >= 15 is 0 Å². The second-order valence-corrected chi connectivity index (χ2v) is 13.2. The van der Waals surface area contributed by atoms with Gasteiger partial charge in [0.25, 0.3) is 8.32 Å². The normalized spacial score (nSPS) is 17.5. The van der Waals surface area contributed by atoms with Crippen LogP contribution in [0.15, 0.2) is 60.7 Å². The molecule has 1 heterocycles. The van der Waals surface area contributed by atoms with Crippen LogP contribution < -0.4 is 15.7 Å². The van der Waals surface area contributed by atoms with Crippen LogP contribution in [0.25, 0.3) is 0 Å². The molecule has 4 heteroatoms. The Morgan fingerprint density at radius 1 is 0.964 bits per heavy atom. The minimum atomic E-state index is -2.41. The largest absolute Gasteiger partial charge is 0.407 e. The maximum atomic E-state index is 11.4. The highest BCUT2D eigenvalue weighted by molar-refractivity contribution is 6.99. The Morgan fingerprint density at radius 3 is 2.00 bits per heavy atom. The van der Waals surface area contributed by atoms with Crippen molar-refractivity contribution in [3.63, 3.8) is 0 Å². The number of amides is 1. The zero-order valence-electron chi connectivity index (χ0n) is 17.4. The van der Waals surface area contributed by atoms with Crippen LogP contribution in [0.5, 0.6) is 0 Å². The molecular formula is C24H33NO2Si. The summed E-state index contributed by atoms with van der Waals surface area (Å²) in [5, 5.41) is 5.62. The van der Waals surface area contributed by atoms with Gasteiger partial charge in [0, 0.05) is 19.6 Å². The predicted molar refractivity (Wildman–Crippen MR) is 119 cm³/mol. The maximum absolute atomic E-state index is 11.4. The lowest BCUT2D eigenvalue weighted by Crippen LogP contribution is -2.66. The van der Waals surface area contributed by atoms with E-state index < -0.39 is 8.32 Å². The molecule has 0 spiro atoms. The highest BCUT2D eigenvalue weighted by atomic mass is 28.4. The third kappa shape index (κ3) is 4.56. The van der Waals surface area contributed by atoms with Crippen molar-refractivity contribution in [2.24, 2.45) is 5.92 Å². The molecule has 0 radical (unpaired) electrons. The molecule has 1 unspecified atom stereocenters. The van der Waals surface area contributed by atoms with Gasteiger partial charge in [-0.1, -0.05) is 87.9 Å². The van der Waals surface area contributed by atoms with Crippen molar-refractivity contribution in [3.8, 4) is 0 Å². The van der Waals surface area contributed by atoms with E-state index in [2.05, 4.69) is 86.8 Å². The molecular weight excluding hydrogens is 362 g/mol.